The van der Waals surface area contributed by atoms with E-state index in [2.05, 4.69) is 15.9 Å². The Morgan fingerprint density at radius 3 is 2.63 bits per heavy atom. The van der Waals surface area contributed by atoms with Crippen molar-refractivity contribution in [1.82, 2.24) is 0 Å². The van der Waals surface area contributed by atoms with Crippen LogP contribution in [-0.2, 0) is 0 Å². The summed E-state index contributed by atoms with van der Waals surface area (Å²) >= 11 is 3.38. The fraction of sp³-hybridized carbons (Fsp3) is 0.200. The summed E-state index contributed by atoms with van der Waals surface area (Å²) in [6.45, 7) is 3.51. The molecular formula is C15H15BrFNO. The average molecular weight is 324 g/mol. The van der Waals surface area contributed by atoms with Crippen LogP contribution < -0.4 is 10.5 Å². The third-order valence-corrected chi connectivity index (χ3v) is 3.30. The zero-order valence-electron chi connectivity index (χ0n) is 10.8. The van der Waals surface area contributed by atoms with Crippen molar-refractivity contribution in [1.29, 1.82) is 0 Å². The largest absolute Gasteiger partial charge is 0.457 e. The molecular weight excluding hydrogens is 309 g/mol. The maximum Gasteiger partial charge on any atom is 0.132 e. The standard InChI is InChI=1S/C15H15BrFNO/c1-9-6-15(13(10(2)18)8-14(9)17)19-12-5-3-4-11(16)7-12/h3-8,10H,18H2,1-2H3/t10-/m0/s1. The van der Waals surface area contributed by atoms with Gasteiger partial charge in [-0.15, -0.1) is 0 Å². The molecule has 100 valence electrons. The first-order valence-corrected chi connectivity index (χ1v) is 6.75. The number of rotatable bonds is 3. The highest BCUT2D eigenvalue weighted by molar-refractivity contribution is 9.10. The van der Waals surface area contributed by atoms with Gasteiger partial charge in [0.15, 0.2) is 0 Å². The van der Waals surface area contributed by atoms with Crippen molar-refractivity contribution in [3.63, 3.8) is 0 Å². The van der Waals surface area contributed by atoms with Crippen molar-refractivity contribution in [2.45, 2.75) is 19.9 Å². The number of hydrogen-bond donors (Lipinski definition) is 1. The third-order valence-electron chi connectivity index (χ3n) is 2.81. The highest BCUT2D eigenvalue weighted by atomic mass is 79.9. The molecule has 0 aliphatic heterocycles. The van der Waals surface area contributed by atoms with E-state index < -0.39 is 0 Å². The molecule has 0 bridgehead atoms. The summed E-state index contributed by atoms with van der Waals surface area (Å²) in [5.41, 5.74) is 7.05. The first-order valence-electron chi connectivity index (χ1n) is 5.96. The third kappa shape index (κ3) is 3.33. The summed E-state index contributed by atoms with van der Waals surface area (Å²) in [6, 6.07) is 10.3. The minimum Gasteiger partial charge on any atom is -0.457 e. The van der Waals surface area contributed by atoms with E-state index in [1.165, 1.54) is 6.07 Å². The second-order valence-electron chi connectivity index (χ2n) is 4.49. The Hall–Kier alpha value is -1.39. The van der Waals surface area contributed by atoms with E-state index in [0.717, 1.165) is 4.47 Å². The molecule has 2 rings (SSSR count). The summed E-state index contributed by atoms with van der Waals surface area (Å²) in [7, 11) is 0. The second kappa shape index (κ2) is 5.72. The molecule has 0 radical (unpaired) electrons. The van der Waals surface area contributed by atoms with E-state index in [1.807, 2.05) is 24.3 Å². The van der Waals surface area contributed by atoms with Crippen LogP contribution in [0.1, 0.15) is 24.1 Å². The van der Waals surface area contributed by atoms with Crippen molar-refractivity contribution in [2.75, 3.05) is 0 Å². The summed E-state index contributed by atoms with van der Waals surface area (Å²) in [5, 5.41) is 0. The van der Waals surface area contributed by atoms with Crippen LogP contribution in [0.3, 0.4) is 0 Å². The Morgan fingerprint density at radius 2 is 2.00 bits per heavy atom. The minimum absolute atomic E-state index is 0.270. The second-order valence-corrected chi connectivity index (χ2v) is 5.40. The molecule has 0 fully saturated rings. The van der Waals surface area contributed by atoms with Gasteiger partial charge in [-0.1, -0.05) is 22.0 Å². The first kappa shape index (κ1) is 14.0. The summed E-state index contributed by atoms with van der Waals surface area (Å²) in [5.74, 6) is 1.00. The first-order chi connectivity index (χ1) is 8.97. The Balaban J connectivity index is 2.41. The van der Waals surface area contributed by atoms with E-state index in [1.54, 1.807) is 19.9 Å². The minimum atomic E-state index is -0.294. The molecule has 2 nitrogen and oxygen atoms in total. The van der Waals surface area contributed by atoms with Gasteiger partial charge in [0, 0.05) is 16.1 Å². The van der Waals surface area contributed by atoms with Gasteiger partial charge in [-0.2, -0.15) is 0 Å². The van der Waals surface area contributed by atoms with Crippen molar-refractivity contribution in [3.05, 3.63) is 57.8 Å². The fourth-order valence-electron chi connectivity index (χ4n) is 1.77. The van der Waals surface area contributed by atoms with Gasteiger partial charge in [-0.3, -0.25) is 0 Å². The van der Waals surface area contributed by atoms with Gasteiger partial charge in [0.2, 0.25) is 0 Å². The zero-order chi connectivity index (χ0) is 14.0. The number of aryl methyl sites for hydroxylation is 1. The monoisotopic (exact) mass is 323 g/mol. The number of benzene rings is 2. The van der Waals surface area contributed by atoms with Crippen molar-refractivity contribution < 1.29 is 9.13 Å². The summed E-state index contributed by atoms with van der Waals surface area (Å²) in [4.78, 5) is 0. The van der Waals surface area contributed by atoms with E-state index in [4.69, 9.17) is 10.5 Å². The van der Waals surface area contributed by atoms with Crippen molar-refractivity contribution >= 4 is 15.9 Å². The molecule has 4 heteroatoms. The Kier molecular flexibility index (Phi) is 4.22. The molecule has 0 aromatic heterocycles. The van der Waals surface area contributed by atoms with Crippen LogP contribution in [0, 0.1) is 12.7 Å². The van der Waals surface area contributed by atoms with E-state index in [0.29, 0.717) is 22.6 Å². The molecule has 2 aromatic rings. The Bertz CT molecular complexity index is 599. The molecule has 0 saturated carbocycles. The smallest absolute Gasteiger partial charge is 0.132 e. The molecule has 2 aromatic carbocycles. The van der Waals surface area contributed by atoms with Crippen LogP contribution in [0.25, 0.3) is 0 Å². The van der Waals surface area contributed by atoms with Crippen LogP contribution in [0.4, 0.5) is 4.39 Å². The lowest BCUT2D eigenvalue weighted by Gasteiger charge is -2.15. The maximum atomic E-state index is 13.6. The van der Waals surface area contributed by atoms with Gasteiger partial charge in [0.1, 0.15) is 17.3 Å². The van der Waals surface area contributed by atoms with E-state index >= 15 is 0 Å². The molecule has 0 unspecified atom stereocenters. The van der Waals surface area contributed by atoms with Gasteiger partial charge < -0.3 is 10.5 Å². The van der Waals surface area contributed by atoms with E-state index in [9.17, 15) is 4.39 Å². The highest BCUT2D eigenvalue weighted by Crippen LogP contribution is 2.32. The maximum absolute atomic E-state index is 13.6. The molecule has 0 aliphatic carbocycles. The summed E-state index contributed by atoms with van der Waals surface area (Å²) in [6.07, 6.45) is 0. The summed E-state index contributed by atoms with van der Waals surface area (Å²) < 4.78 is 20.3. The molecule has 19 heavy (non-hydrogen) atoms. The molecule has 0 amide bonds. The number of ether oxygens (including phenoxy) is 1. The SMILES string of the molecule is Cc1cc(Oc2cccc(Br)c2)c([C@H](C)N)cc1F. The van der Waals surface area contributed by atoms with Gasteiger partial charge in [-0.05, 0) is 49.7 Å². The quantitative estimate of drug-likeness (QED) is 0.887. The van der Waals surface area contributed by atoms with Crippen LogP contribution in [0.15, 0.2) is 40.9 Å². The molecule has 2 N–H and O–H groups in total. The number of hydrogen-bond acceptors (Lipinski definition) is 2. The van der Waals surface area contributed by atoms with Gasteiger partial charge in [0.05, 0.1) is 0 Å². The average Bonchev–Trinajstić information content (AvgIpc) is 2.33. The number of nitrogens with two attached hydrogens (primary N) is 1. The predicted octanol–water partition coefficient (Wildman–Crippen LogP) is 4.71. The van der Waals surface area contributed by atoms with Crippen LogP contribution in [0.2, 0.25) is 0 Å². The van der Waals surface area contributed by atoms with E-state index in [-0.39, 0.29) is 11.9 Å². The lowest BCUT2D eigenvalue weighted by Crippen LogP contribution is -2.08. The number of halogens is 2. The Labute approximate surface area is 120 Å². The van der Waals surface area contributed by atoms with Crippen molar-refractivity contribution in [3.8, 4) is 11.5 Å². The normalized spacial score (nSPS) is 12.3. The highest BCUT2D eigenvalue weighted by Gasteiger charge is 2.13. The molecule has 0 spiro atoms. The van der Waals surface area contributed by atoms with Gasteiger partial charge in [0.25, 0.3) is 0 Å². The van der Waals surface area contributed by atoms with Crippen LogP contribution in [-0.4, -0.2) is 0 Å². The van der Waals surface area contributed by atoms with Gasteiger partial charge >= 0.3 is 0 Å². The lowest BCUT2D eigenvalue weighted by atomic mass is 10.1. The molecule has 1 atom stereocenters. The zero-order valence-corrected chi connectivity index (χ0v) is 12.4. The molecule has 0 saturated heterocycles. The van der Waals surface area contributed by atoms with Crippen LogP contribution >= 0.6 is 15.9 Å². The topological polar surface area (TPSA) is 35.2 Å². The van der Waals surface area contributed by atoms with Gasteiger partial charge in [-0.25, -0.2) is 4.39 Å². The molecule has 0 aliphatic rings. The van der Waals surface area contributed by atoms with Crippen molar-refractivity contribution in [2.24, 2.45) is 5.73 Å². The fourth-order valence-corrected chi connectivity index (χ4v) is 2.15. The van der Waals surface area contributed by atoms with Crippen LogP contribution in [0.5, 0.6) is 11.5 Å². The predicted molar refractivity (Wildman–Crippen MR) is 78.0 cm³/mol. The molecule has 0 heterocycles. The Morgan fingerprint density at radius 1 is 1.26 bits per heavy atom. The lowest BCUT2D eigenvalue weighted by molar-refractivity contribution is 0.468.